The number of benzene rings is 1. The van der Waals surface area contributed by atoms with Crippen LogP contribution < -0.4 is 15.6 Å². The van der Waals surface area contributed by atoms with Crippen LogP contribution in [-0.4, -0.2) is 24.1 Å². The number of sulfonamides is 1. The fraction of sp³-hybridized carbons (Fsp3) is 0.250. The number of hydrogen-bond donors (Lipinski definition) is 0. The van der Waals surface area contributed by atoms with Gasteiger partial charge in [-0.05, 0) is 18.1 Å². The molecular weight excluding hydrogens is 330 g/mol. The number of hydrogen-bond acceptors (Lipinski definition) is 4. The van der Waals surface area contributed by atoms with E-state index in [1.54, 1.807) is 12.1 Å². The van der Waals surface area contributed by atoms with Crippen molar-refractivity contribution >= 4 is 21.8 Å². The van der Waals surface area contributed by atoms with Crippen LogP contribution >= 0.6 is 0 Å². The van der Waals surface area contributed by atoms with Crippen LogP contribution in [0.4, 0.5) is 5.69 Å². The Morgan fingerprint density at radius 3 is 2.54 bits per heavy atom. The molecule has 0 fully saturated rings. The molecule has 24 heavy (non-hydrogen) atoms. The summed E-state index contributed by atoms with van der Waals surface area (Å²) in [5, 5.41) is 0. The first kappa shape index (κ1) is 16.3. The van der Waals surface area contributed by atoms with Gasteiger partial charge < -0.3 is 4.57 Å². The second-order valence-electron chi connectivity index (χ2n) is 5.58. The van der Waals surface area contributed by atoms with Crippen LogP contribution in [0.15, 0.2) is 51.0 Å². The Kier molecular flexibility index (Phi) is 3.92. The average molecular weight is 347 g/mol. The van der Waals surface area contributed by atoms with Crippen LogP contribution in [0.25, 0.3) is 6.08 Å². The predicted octanol–water partition coefficient (Wildman–Crippen LogP) is 0.696. The van der Waals surface area contributed by atoms with Crippen LogP contribution in [0.5, 0.6) is 0 Å². The normalized spacial score (nSPS) is 14.3. The summed E-state index contributed by atoms with van der Waals surface area (Å²) in [6, 6.07) is 7.09. The number of aromatic nitrogens is 2. The molecule has 0 aliphatic carbocycles. The number of aryl methyl sites for hydroxylation is 1. The maximum Gasteiger partial charge on any atom is 0.330 e. The average Bonchev–Trinajstić information content (AvgIpc) is 2.79. The Hall–Kier alpha value is -2.61. The van der Waals surface area contributed by atoms with E-state index in [9.17, 15) is 18.0 Å². The third kappa shape index (κ3) is 2.48. The van der Waals surface area contributed by atoms with Gasteiger partial charge in [-0.1, -0.05) is 30.4 Å². The van der Waals surface area contributed by atoms with Crippen LogP contribution in [0.2, 0.25) is 0 Å². The summed E-state index contributed by atoms with van der Waals surface area (Å²) < 4.78 is 29.3. The van der Waals surface area contributed by atoms with Gasteiger partial charge in [-0.25, -0.2) is 13.2 Å². The lowest BCUT2D eigenvalue weighted by molar-refractivity contribution is 0.579. The summed E-state index contributed by atoms with van der Waals surface area (Å²) in [4.78, 5) is 23.7. The van der Waals surface area contributed by atoms with Crippen molar-refractivity contribution in [1.82, 2.24) is 9.13 Å². The number of fused-ring (bicyclic) bond motifs is 1. The van der Waals surface area contributed by atoms with E-state index >= 15 is 0 Å². The Bertz CT molecular complexity index is 1050. The molecule has 3 rings (SSSR count). The lowest BCUT2D eigenvalue weighted by atomic mass is 10.2. The highest BCUT2D eigenvalue weighted by atomic mass is 32.2. The van der Waals surface area contributed by atoms with Gasteiger partial charge in [-0.15, -0.1) is 0 Å². The Balaban J connectivity index is 2.24. The van der Waals surface area contributed by atoms with Crippen molar-refractivity contribution < 1.29 is 8.42 Å². The summed E-state index contributed by atoms with van der Waals surface area (Å²) in [6.07, 6.45) is 5.37. The van der Waals surface area contributed by atoms with Crippen molar-refractivity contribution in [3.8, 4) is 0 Å². The number of rotatable bonds is 2. The molecule has 7 nitrogen and oxygen atoms in total. The SMILES string of the molecule is Cn1cc(S(=O)(=O)N2CCC=Cc3ccccc32)c(=O)n(C)c1=O. The van der Waals surface area contributed by atoms with E-state index in [0.29, 0.717) is 12.1 Å². The fourth-order valence-electron chi connectivity index (χ4n) is 2.70. The second kappa shape index (κ2) is 5.79. The standard InChI is InChI=1S/C16H17N3O4S/c1-17-11-14(15(20)18(2)16(17)21)24(22,23)19-10-6-5-8-12-7-3-4-9-13(12)19/h3-5,7-9,11H,6,10H2,1-2H3. The summed E-state index contributed by atoms with van der Waals surface area (Å²) in [6.45, 7) is 0.224. The Morgan fingerprint density at radius 2 is 1.79 bits per heavy atom. The van der Waals surface area contributed by atoms with Gasteiger partial charge in [0.2, 0.25) is 0 Å². The highest BCUT2D eigenvalue weighted by Crippen LogP contribution is 2.29. The van der Waals surface area contributed by atoms with Crippen molar-refractivity contribution in [2.75, 3.05) is 10.8 Å². The van der Waals surface area contributed by atoms with Crippen molar-refractivity contribution in [3.05, 3.63) is 62.9 Å². The molecule has 8 heteroatoms. The molecule has 0 amide bonds. The molecule has 2 aromatic rings. The largest absolute Gasteiger partial charge is 0.330 e. The molecule has 0 saturated carbocycles. The lowest BCUT2D eigenvalue weighted by Crippen LogP contribution is -2.43. The lowest BCUT2D eigenvalue weighted by Gasteiger charge is -2.24. The Morgan fingerprint density at radius 1 is 1.08 bits per heavy atom. The van der Waals surface area contributed by atoms with Crippen molar-refractivity contribution in [1.29, 1.82) is 0 Å². The predicted molar refractivity (Wildman–Crippen MR) is 91.5 cm³/mol. The van der Waals surface area contributed by atoms with E-state index < -0.39 is 26.2 Å². The molecule has 1 aromatic heterocycles. The molecule has 1 aromatic carbocycles. The minimum Gasteiger partial charge on any atom is -0.302 e. The molecule has 0 saturated heterocycles. The molecular formula is C16H17N3O4S. The van der Waals surface area contributed by atoms with Crippen molar-refractivity contribution in [2.24, 2.45) is 14.1 Å². The molecule has 0 radical (unpaired) electrons. The van der Waals surface area contributed by atoms with E-state index in [1.165, 1.54) is 18.4 Å². The molecule has 0 spiro atoms. The summed E-state index contributed by atoms with van der Waals surface area (Å²) in [5.74, 6) is 0. The first-order valence-electron chi connectivity index (χ1n) is 7.39. The first-order valence-corrected chi connectivity index (χ1v) is 8.83. The van der Waals surface area contributed by atoms with Crippen LogP contribution in [0.1, 0.15) is 12.0 Å². The van der Waals surface area contributed by atoms with E-state index in [2.05, 4.69) is 0 Å². The van der Waals surface area contributed by atoms with Gasteiger partial charge >= 0.3 is 5.69 Å². The molecule has 1 aliphatic rings. The molecule has 1 aliphatic heterocycles. The van der Waals surface area contributed by atoms with E-state index in [-0.39, 0.29) is 6.54 Å². The van der Waals surface area contributed by atoms with Crippen LogP contribution in [-0.2, 0) is 24.1 Å². The number of nitrogens with zero attached hydrogens (tertiary/aromatic N) is 3. The van der Waals surface area contributed by atoms with E-state index in [0.717, 1.165) is 20.9 Å². The van der Waals surface area contributed by atoms with Crippen molar-refractivity contribution in [2.45, 2.75) is 11.3 Å². The molecule has 0 atom stereocenters. The van der Waals surface area contributed by atoms with E-state index in [1.807, 2.05) is 24.3 Å². The Labute approximate surface area is 139 Å². The van der Waals surface area contributed by atoms with Gasteiger partial charge in [-0.3, -0.25) is 13.7 Å². The third-order valence-electron chi connectivity index (χ3n) is 3.98. The highest BCUT2D eigenvalue weighted by molar-refractivity contribution is 7.92. The highest BCUT2D eigenvalue weighted by Gasteiger charge is 2.30. The smallest absolute Gasteiger partial charge is 0.302 e. The monoisotopic (exact) mass is 347 g/mol. The molecule has 126 valence electrons. The summed E-state index contributed by atoms with van der Waals surface area (Å²) >= 11 is 0. The minimum atomic E-state index is -4.09. The van der Waals surface area contributed by atoms with Gasteiger partial charge in [-0.2, -0.15) is 0 Å². The maximum atomic E-state index is 13.1. The van der Waals surface area contributed by atoms with Gasteiger partial charge in [0.05, 0.1) is 5.69 Å². The molecule has 0 unspecified atom stereocenters. The maximum absolute atomic E-state index is 13.1. The molecule has 0 N–H and O–H groups in total. The third-order valence-corrected chi connectivity index (χ3v) is 5.78. The minimum absolute atomic E-state index is 0.224. The summed E-state index contributed by atoms with van der Waals surface area (Å²) in [5.41, 5.74) is -0.118. The van der Waals surface area contributed by atoms with Crippen LogP contribution in [0, 0.1) is 0 Å². The number of para-hydroxylation sites is 1. The number of anilines is 1. The zero-order chi connectivity index (χ0) is 17.5. The van der Waals surface area contributed by atoms with Crippen LogP contribution in [0.3, 0.4) is 0 Å². The van der Waals surface area contributed by atoms with Gasteiger partial charge in [0, 0.05) is 26.8 Å². The molecule has 2 heterocycles. The van der Waals surface area contributed by atoms with E-state index in [4.69, 9.17) is 0 Å². The topological polar surface area (TPSA) is 81.4 Å². The van der Waals surface area contributed by atoms with Gasteiger partial charge in [0.25, 0.3) is 15.6 Å². The zero-order valence-corrected chi connectivity index (χ0v) is 14.2. The second-order valence-corrected chi connectivity index (χ2v) is 7.41. The molecule has 0 bridgehead atoms. The summed E-state index contributed by atoms with van der Waals surface area (Å²) in [7, 11) is -1.41. The quantitative estimate of drug-likeness (QED) is 0.801. The zero-order valence-electron chi connectivity index (χ0n) is 13.3. The van der Waals surface area contributed by atoms with Gasteiger partial charge in [0.1, 0.15) is 0 Å². The fourth-order valence-corrected chi connectivity index (χ4v) is 4.36. The van der Waals surface area contributed by atoms with Crippen molar-refractivity contribution in [3.63, 3.8) is 0 Å². The first-order chi connectivity index (χ1) is 11.3. The van der Waals surface area contributed by atoms with Gasteiger partial charge in [0.15, 0.2) is 4.90 Å².